The highest BCUT2D eigenvalue weighted by atomic mass is 35.5. The monoisotopic (exact) mass is 237 g/mol. The topological polar surface area (TPSA) is 98.2 Å². The van der Waals surface area contributed by atoms with Crippen molar-refractivity contribution in [2.75, 3.05) is 5.43 Å². The Morgan fingerprint density at radius 3 is 2.07 bits per heavy atom. The summed E-state index contributed by atoms with van der Waals surface area (Å²) in [7, 11) is -3.45. The fourth-order valence-electron chi connectivity index (χ4n) is 0.930. The molecule has 80 valence electrons. The number of hydrazine groups is 1. The average Bonchev–Trinajstić information content (AvgIpc) is 2.03. The maximum atomic E-state index is 10.7. The van der Waals surface area contributed by atoms with Gasteiger partial charge in [0.1, 0.15) is 0 Å². The van der Waals surface area contributed by atoms with E-state index in [2.05, 4.69) is 5.43 Å². The summed E-state index contributed by atoms with van der Waals surface area (Å²) in [6.07, 6.45) is 0. The Balaban J connectivity index is 0.00000169. The molecule has 0 unspecified atom stereocenters. The van der Waals surface area contributed by atoms with Crippen LogP contribution in [0.5, 0.6) is 0 Å². The van der Waals surface area contributed by atoms with Crippen LogP contribution in [-0.4, -0.2) is 8.42 Å². The number of nitrogens with two attached hydrogens (primary N) is 2. The zero-order valence-corrected chi connectivity index (χ0v) is 8.94. The molecule has 0 heterocycles. The van der Waals surface area contributed by atoms with Gasteiger partial charge in [-0.3, -0.25) is 5.84 Å². The SMILES string of the molecule is Cl.NNc1ccc(CS(N)(=O)=O)cc1. The van der Waals surface area contributed by atoms with Crippen LogP contribution in [0.15, 0.2) is 24.3 Å². The lowest BCUT2D eigenvalue weighted by atomic mass is 10.2. The molecule has 0 atom stereocenters. The van der Waals surface area contributed by atoms with Crippen LogP contribution in [0.3, 0.4) is 0 Å². The van der Waals surface area contributed by atoms with Gasteiger partial charge in [-0.25, -0.2) is 13.6 Å². The molecule has 0 bridgehead atoms. The summed E-state index contributed by atoms with van der Waals surface area (Å²) in [5.41, 5.74) is 3.80. The lowest BCUT2D eigenvalue weighted by molar-refractivity contribution is 0.597. The van der Waals surface area contributed by atoms with Crippen molar-refractivity contribution in [2.45, 2.75) is 5.75 Å². The highest BCUT2D eigenvalue weighted by Gasteiger charge is 2.03. The summed E-state index contributed by atoms with van der Waals surface area (Å²) in [6, 6.07) is 6.67. The van der Waals surface area contributed by atoms with E-state index >= 15 is 0 Å². The van der Waals surface area contributed by atoms with E-state index in [1.54, 1.807) is 24.3 Å². The maximum absolute atomic E-state index is 10.7. The van der Waals surface area contributed by atoms with E-state index in [1.165, 1.54) is 0 Å². The first kappa shape index (κ1) is 13.2. The van der Waals surface area contributed by atoms with Crippen LogP contribution < -0.4 is 16.4 Å². The Bertz CT molecular complexity index is 376. The Kier molecular flexibility index (Phi) is 4.86. The molecule has 0 aliphatic rings. The van der Waals surface area contributed by atoms with Crippen LogP contribution in [0.1, 0.15) is 5.56 Å². The van der Waals surface area contributed by atoms with Crippen molar-refractivity contribution in [1.82, 2.24) is 0 Å². The Hall–Kier alpha value is -0.820. The number of halogens is 1. The molecule has 1 aromatic rings. The first-order chi connectivity index (χ1) is 6.01. The van der Waals surface area contributed by atoms with Gasteiger partial charge < -0.3 is 5.43 Å². The molecule has 0 saturated carbocycles. The van der Waals surface area contributed by atoms with Crippen LogP contribution in [0.4, 0.5) is 5.69 Å². The Morgan fingerprint density at radius 1 is 1.21 bits per heavy atom. The van der Waals surface area contributed by atoms with Gasteiger partial charge in [0.05, 0.1) is 5.75 Å². The quantitative estimate of drug-likeness (QED) is 0.516. The number of nitrogen functional groups attached to an aromatic ring is 1. The van der Waals surface area contributed by atoms with Crippen molar-refractivity contribution in [3.8, 4) is 0 Å². The van der Waals surface area contributed by atoms with E-state index in [9.17, 15) is 8.42 Å². The van der Waals surface area contributed by atoms with Crippen molar-refractivity contribution in [3.63, 3.8) is 0 Å². The second-order valence-corrected chi connectivity index (χ2v) is 4.26. The van der Waals surface area contributed by atoms with E-state index in [4.69, 9.17) is 11.0 Å². The summed E-state index contributed by atoms with van der Waals surface area (Å²) in [4.78, 5) is 0. The highest BCUT2D eigenvalue weighted by Crippen LogP contribution is 2.09. The smallest absolute Gasteiger partial charge is 0.213 e. The molecule has 0 aromatic heterocycles. The number of hydrogen-bond acceptors (Lipinski definition) is 4. The van der Waals surface area contributed by atoms with Gasteiger partial charge >= 0.3 is 0 Å². The first-order valence-electron chi connectivity index (χ1n) is 3.57. The molecule has 1 aromatic carbocycles. The van der Waals surface area contributed by atoms with Gasteiger partial charge in [0.25, 0.3) is 0 Å². The molecular formula is C7H12ClN3O2S. The van der Waals surface area contributed by atoms with E-state index in [0.717, 1.165) is 5.69 Å². The number of hydrogen-bond donors (Lipinski definition) is 3. The van der Waals surface area contributed by atoms with Gasteiger partial charge in [-0.2, -0.15) is 0 Å². The van der Waals surface area contributed by atoms with Crippen LogP contribution in [0.2, 0.25) is 0 Å². The molecule has 5 N–H and O–H groups in total. The van der Waals surface area contributed by atoms with Gasteiger partial charge in [-0.1, -0.05) is 12.1 Å². The zero-order chi connectivity index (χ0) is 9.90. The number of benzene rings is 1. The normalized spacial score (nSPS) is 10.4. The second-order valence-electron chi connectivity index (χ2n) is 2.65. The number of primary sulfonamides is 1. The third kappa shape index (κ3) is 4.43. The number of nitrogens with one attached hydrogen (secondary N) is 1. The molecule has 0 aliphatic carbocycles. The van der Waals surface area contributed by atoms with Crippen molar-refractivity contribution in [1.29, 1.82) is 0 Å². The molecule has 0 amide bonds. The number of rotatable bonds is 3. The van der Waals surface area contributed by atoms with Gasteiger partial charge in [-0.15, -0.1) is 12.4 Å². The lowest BCUT2D eigenvalue weighted by Crippen LogP contribution is -2.14. The predicted octanol–water partition coefficient (Wildman–Crippen LogP) is 0.182. The Morgan fingerprint density at radius 2 is 1.71 bits per heavy atom. The molecule has 0 radical (unpaired) electrons. The van der Waals surface area contributed by atoms with Crippen molar-refractivity contribution >= 4 is 28.1 Å². The van der Waals surface area contributed by atoms with Gasteiger partial charge in [-0.05, 0) is 17.7 Å². The maximum Gasteiger partial charge on any atom is 0.213 e. The third-order valence-electron chi connectivity index (χ3n) is 1.49. The minimum absolute atomic E-state index is 0. The van der Waals surface area contributed by atoms with Crippen LogP contribution >= 0.6 is 12.4 Å². The zero-order valence-electron chi connectivity index (χ0n) is 7.30. The molecule has 0 saturated heterocycles. The number of sulfonamides is 1. The van der Waals surface area contributed by atoms with Crippen LogP contribution in [-0.2, 0) is 15.8 Å². The summed E-state index contributed by atoms with van der Waals surface area (Å²) in [6.45, 7) is 0. The molecule has 7 heteroatoms. The molecule has 0 fully saturated rings. The van der Waals surface area contributed by atoms with Gasteiger partial charge in [0.2, 0.25) is 10.0 Å². The predicted molar refractivity (Wildman–Crippen MR) is 58.3 cm³/mol. The van der Waals surface area contributed by atoms with Crippen molar-refractivity contribution in [2.24, 2.45) is 11.0 Å². The van der Waals surface area contributed by atoms with E-state index in [-0.39, 0.29) is 18.2 Å². The summed E-state index contributed by atoms with van der Waals surface area (Å²) in [5, 5.41) is 4.87. The van der Waals surface area contributed by atoms with E-state index in [0.29, 0.717) is 5.56 Å². The Labute approximate surface area is 88.9 Å². The molecular weight excluding hydrogens is 226 g/mol. The van der Waals surface area contributed by atoms with Crippen molar-refractivity contribution < 1.29 is 8.42 Å². The lowest BCUT2D eigenvalue weighted by Gasteiger charge is -2.01. The fourth-order valence-corrected chi connectivity index (χ4v) is 1.59. The molecule has 14 heavy (non-hydrogen) atoms. The highest BCUT2D eigenvalue weighted by molar-refractivity contribution is 7.88. The van der Waals surface area contributed by atoms with Crippen molar-refractivity contribution in [3.05, 3.63) is 29.8 Å². The fraction of sp³-hybridized carbons (Fsp3) is 0.143. The first-order valence-corrected chi connectivity index (χ1v) is 5.29. The van der Waals surface area contributed by atoms with Crippen LogP contribution in [0.25, 0.3) is 0 Å². The minimum atomic E-state index is -3.45. The standard InChI is InChI=1S/C7H11N3O2S.ClH/c8-10-7-3-1-6(2-4-7)5-13(9,11)12;/h1-4,10H,5,8H2,(H2,9,11,12);1H. The summed E-state index contributed by atoms with van der Waals surface area (Å²) < 4.78 is 21.4. The van der Waals surface area contributed by atoms with E-state index < -0.39 is 10.0 Å². The van der Waals surface area contributed by atoms with Gasteiger partial charge in [0, 0.05) is 5.69 Å². The molecule has 0 aliphatic heterocycles. The molecule has 5 nitrogen and oxygen atoms in total. The average molecular weight is 238 g/mol. The largest absolute Gasteiger partial charge is 0.324 e. The summed E-state index contributed by atoms with van der Waals surface area (Å²) in [5.74, 6) is 4.98. The third-order valence-corrected chi connectivity index (χ3v) is 2.22. The van der Waals surface area contributed by atoms with Crippen LogP contribution in [0, 0.1) is 0 Å². The second kappa shape index (κ2) is 5.16. The number of anilines is 1. The van der Waals surface area contributed by atoms with Gasteiger partial charge in [0.15, 0.2) is 0 Å². The minimum Gasteiger partial charge on any atom is -0.324 e. The van der Waals surface area contributed by atoms with E-state index in [1.807, 2.05) is 0 Å². The molecule has 1 rings (SSSR count). The summed E-state index contributed by atoms with van der Waals surface area (Å²) >= 11 is 0. The molecule has 0 spiro atoms.